The zero-order chi connectivity index (χ0) is 15.5. The van der Waals surface area contributed by atoms with Gasteiger partial charge in [-0.3, -0.25) is 0 Å². The Morgan fingerprint density at radius 3 is 2.43 bits per heavy atom. The van der Waals surface area contributed by atoms with E-state index < -0.39 is 15.6 Å². The number of rotatable bonds is 6. The molecule has 1 aromatic rings. The third-order valence-corrected chi connectivity index (χ3v) is 5.49. The number of nitrogens with one attached hydrogen (secondary N) is 1. The van der Waals surface area contributed by atoms with Crippen LogP contribution >= 0.6 is 0 Å². The molecule has 1 aliphatic carbocycles. The molecule has 0 spiro atoms. The Labute approximate surface area is 125 Å². The summed E-state index contributed by atoms with van der Waals surface area (Å²) in [4.78, 5) is 0.0468. The molecule has 1 aromatic carbocycles. The number of aliphatic hydroxyl groups excluding tert-OH is 1. The van der Waals surface area contributed by atoms with Gasteiger partial charge in [-0.15, -0.1) is 0 Å². The zero-order valence-corrected chi connectivity index (χ0v) is 13.1. The highest BCUT2D eigenvalue weighted by Crippen LogP contribution is 2.33. The van der Waals surface area contributed by atoms with Crippen LogP contribution in [-0.4, -0.2) is 39.9 Å². The van der Waals surface area contributed by atoms with Crippen LogP contribution in [0.4, 0.5) is 0 Å². The maximum absolute atomic E-state index is 12.6. The van der Waals surface area contributed by atoms with Crippen molar-refractivity contribution >= 4 is 10.0 Å². The number of hydrogen-bond donors (Lipinski definition) is 2. The lowest BCUT2D eigenvalue weighted by Crippen LogP contribution is -2.49. The van der Waals surface area contributed by atoms with E-state index in [1.807, 2.05) is 0 Å². The first-order valence-electron chi connectivity index (χ1n) is 6.83. The van der Waals surface area contributed by atoms with Crippen molar-refractivity contribution in [2.75, 3.05) is 20.8 Å². The molecule has 21 heavy (non-hydrogen) atoms. The fourth-order valence-corrected chi connectivity index (χ4v) is 4.28. The number of benzene rings is 1. The summed E-state index contributed by atoms with van der Waals surface area (Å²) >= 11 is 0. The number of methoxy groups -OCH3 is 2. The normalized spacial score (nSPS) is 17.7. The predicted octanol–water partition coefficient (Wildman–Crippen LogP) is 1.29. The minimum Gasteiger partial charge on any atom is -0.497 e. The van der Waals surface area contributed by atoms with E-state index in [9.17, 15) is 13.5 Å². The average molecular weight is 315 g/mol. The van der Waals surface area contributed by atoms with Gasteiger partial charge in [0.2, 0.25) is 10.0 Å². The van der Waals surface area contributed by atoms with Gasteiger partial charge >= 0.3 is 0 Å². The third-order valence-electron chi connectivity index (χ3n) is 3.87. The van der Waals surface area contributed by atoms with Gasteiger partial charge in [0.05, 0.1) is 26.4 Å². The van der Waals surface area contributed by atoms with Crippen LogP contribution in [0, 0.1) is 0 Å². The molecule has 0 aliphatic heterocycles. The minimum absolute atomic E-state index is 0.0468. The molecular formula is C14H21NO5S. The van der Waals surface area contributed by atoms with Gasteiger partial charge in [-0.25, -0.2) is 13.1 Å². The van der Waals surface area contributed by atoms with Gasteiger partial charge in [0.25, 0.3) is 0 Å². The Hall–Kier alpha value is -1.31. The van der Waals surface area contributed by atoms with Crippen LogP contribution in [0.5, 0.6) is 11.5 Å². The minimum atomic E-state index is -3.77. The molecule has 0 radical (unpaired) electrons. The van der Waals surface area contributed by atoms with E-state index >= 15 is 0 Å². The highest BCUT2D eigenvalue weighted by atomic mass is 32.2. The average Bonchev–Trinajstić information content (AvgIpc) is 2.94. The van der Waals surface area contributed by atoms with Gasteiger partial charge in [-0.2, -0.15) is 0 Å². The van der Waals surface area contributed by atoms with E-state index in [-0.39, 0.29) is 17.3 Å². The van der Waals surface area contributed by atoms with Crippen LogP contribution in [0.2, 0.25) is 0 Å². The molecule has 0 atom stereocenters. The summed E-state index contributed by atoms with van der Waals surface area (Å²) in [5.41, 5.74) is -0.760. The number of ether oxygens (including phenoxy) is 2. The fourth-order valence-electron chi connectivity index (χ4n) is 2.68. The second-order valence-electron chi connectivity index (χ2n) is 5.27. The molecule has 1 saturated carbocycles. The molecule has 0 saturated heterocycles. The van der Waals surface area contributed by atoms with Crippen molar-refractivity contribution in [2.45, 2.75) is 36.1 Å². The van der Waals surface area contributed by atoms with Crippen LogP contribution in [0.3, 0.4) is 0 Å². The quantitative estimate of drug-likeness (QED) is 0.826. The molecule has 1 fully saturated rings. The molecule has 0 unspecified atom stereocenters. The Morgan fingerprint density at radius 1 is 1.24 bits per heavy atom. The highest BCUT2D eigenvalue weighted by Gasteiger charge is 2.38. The SMILES string of the molecule is COc1ccc(S(=O)(=O)NC2(CO)CCCC2)c(OC)c1. The summed E-state index contributed by atoms with van der Waals surface area (Å²) in [5, 5.41) is 9.56. The zero-order valence-electron chi connectivity index (χ0n) is 12.3. The Morgan fingerprint density at radius 2 is 1.90 bits per heavy atom. The molecule has 6 nitrogen and oxygen atoms in total. The monoisotopic (exact) mass is 315 g/mol. The Balaban J connectivity index is 2.35. The predicted molar refractivity (Wildman–Crippen MR) is 78.2 cm³/mol. The summed E-state index contributed by atoms with van der Waals surface area (Å²) in [5.74, 6) is 0.733. The molecule has 2 N–H and O–H groups in total. The van der Waals surface area contributed by atoms with Crippen LogP contribution < -0.4 is 14.2 Å². The molecule has 118 valence electrons. The summed E-state index contributed by atoms with van der Waals surface area (Å²) < 4.78 is 38.0. The van der Waals surface area contributed by atoms with Gasteiger partial charge in [-0.1, -0.05) is 12.8 Å². The van der Waals surface area contributed by atoms with Crippen molar-refractivity contribution in [3.63, 3.8) is 0 Å². The van der Waals surface area contributed by atoms with Crippen molar-refractivity contribution < 1.29 is 23.0 Å². The molecule has 0 aromatic heterocycles. The van der Waals surface area contributed by atoms with Crippen molar-refractivity contribution in [1.29, 1.82) is 0 Å². The topological polar surface area (TPSA) is 84.9 Å². The van der Waals surface area contributed by atoms with Gasteiger partial charge in [0, 0.05) is 6.07 Å². The van der Waals surface area contributed by atoms with Crippen molar-refractivity contribution in [3.8, 4) is 11.5 Å². The van der Waals surface area contributed by atoms with E-state index in [0.29, 0.717) is 18.6 Å². The van der Waals surface area contributed by atoms with Crippen molar-refractivity contribution in [2.24, 2.45) is 0 Å². The second kappa shape index (κ2) is 6.21. The van der Waals surface area contributed by atoms with Crippen molar-refractivity contribution in [1.82, 2.24) is 4.72 Å². The maximum Gasteiger partial charge on any atom is 0.244 e. The molecule has 1 aliphatic rings. The molecule has 0 heterocycles. The Bertz CT molecular complexity index is 593. The molecule has 0 bridgehead atoms. The lowest BCUT2D eigenvalue weighted by Gasteiger charge is -2.27. The first kappa shape index (κ1) is 16.1. The van der Waals surface area contributed by atoms with Gasteiger partial charge in [0.15, 0.2) is 0 Å². The molecule has 0 amide bonds. The van der Waals surface area contributed by atoms with Gasteiger partial charge in [0.1, 0.15) is 16.4 Å². The smallest absolute Gasteiger partial charge is 0.244 e. The largest absolute Gasteiger partial charge is 0.497 e. The van der Waals surface area contributed by atoms with Gasteiger partial charge < -0.3 is 14.6 Å². The summed E-state index contributed by atoms with van der Waals surface area (Å²) in [6.45, 7) is -0.204. The molecular weight excluding hydrogens is 294 g/mol. The van der Waals surface area contributed by atoms with E-state index in [1.165, 1.54) is 26.4 Å². The number of sulfonamides is 1. The van der Waals surface area contributed by atoms with Crippen LogP contribution in [0.25, 0.3) is 0 Å². The summed E-state index contributed by atoms with van der Waals surface area (Å²) in [6.07, 6.45) is 3.09. The van der Waals surface area contributed by atoms with Crippen LogP contribution in [-0.2, 0) is 10.0 Å². The first-order chi connectivity index (χ1) is 9.96. The highest BCUT2D eigenvalue weighted by molar-refractivity contribution is 7.89. The number of hydrogen-bond acceptors (Lipinski definition) is 5. The van der Waals surface area contributed by atoms with Crippen molar-refractivity contribution in [3.05, 3.63) is 18.2 Å². The molecule has 7 heteroatoms. The lowest BCUT2D eigenvalue weighted by atomic mass is 10.0. The van der Waals surface area contributed by atoms with E-state index in [4.69, 9.17) is 9.47 Å². The van der Waals surface area contributed by atoms with Crippen LogP contribution in [0.1, 0.15) is 25.7 Å². The third kappa shape index (κ3) is 3.30. The second-order valence-corrected chi connectivity index (χ2v) is 6.92. The van der Waals surface area contributed by atoms with Gasteiger partial charge in [-0.05, 0) is 25.0 Å². The number of aliphatic hydroxyl groups is 1. The fraction of sp³-hybridized carbons (Fsp3) is 0.571. The first-order valence-corrected chi connectivity index (χ1v) is 8.31. The molecule has 2 rings (SSSR count). The maximum atomic E-state index is 12.6. The van der Waals surface area contributed by atoms with Crippen LogP contribution in [0.15, 0.2) is 23.1 Å². The standard InChI is InChI=1S/C14H21NO5S/c1-19-11-5-6-13(12(9-11)20-2)21(17,18)15-14(10-16)7-3-4-8-14/h5-6,9,15-16H,3-4,7-8,10H2,1-2H3. The Kier molecular flexibility index (Phi) is 4.75. The van der Waals surface area contributed by atoms with E-state index in [0.717, 1.165) is 12.8 Å². The summed E-state index contributed by atoms with van der Waals surface area (Å²) in [6, 6.07) is 4.53. The lowest BCUT2D eigenvalue weighted by molar-refractivity contribution is 0.185. The van der Waals surface area contributed by atoms with E-state index in [2.05, 4.69) is 4.72 Å². The van der Waals surface area contributed by atoms with E-state index in [1.54, 1.807) is 6.07 Å². The summed E-state index contributed by atoms with van der Waals surface area (Å²) in [7, 11) is -0.864.